The fourth-order valence-electron chi connectivity index (χ4n) is 1.55. The van der Waals surface area contributed by atoms with Crippen LogP contribution in [0.15, 0.2) is 23.5 Å². The summed E-state index contributed by atoms with van der Waals surface area (Å²) in [5, 5.41) is 9.24. The Hall–Kier alpha value is -0.900. The smallest absolute Gasteiger partial charge is 0.163 e. The summed E-state index contributed by atoms with van der Waals surface area (Å²) in [7, 11) is 0. The zero-order valence-corrected chi connectivity index (χ0v) is 6.26. The van der Waals surface area contributed by atoms with E-state index in [-0.39, 0.29) is 5.76 Å². The molecule has 0 saturated carbocycles. The SMILES string of the molecule is OC1C(F)=CC(F)=C2OCC[C@@H]21. The molecule has 2 aliphatic rings. The van der Waals surface area contributed by atoms with Gasteiger partial charge in [-0.1, -0.05) is 0 Å². The van der Waals surface area contributed by atoms with Crippen LogP contribution >= 0.6 is 0 Å². The predicted molar refractivity (Wildman–Crippen MR) is 37.4 cm³/mol. The maximum absolute atomic E-state index is 12.9. The van der Waals surface area contributed by atoms with Gasteiger partial charge in [0.2, 0.25) is 0 Å². The number of ether oxygens (including phenoxy) is 1. The summed E-state index contributed by atoms with van der Waals surface area (Å²) in [6.45, 7) is 0.353. The first kappa shape index (κ1) is 7.73. The minimum atomic E-state index is -1.22. The summed E-state index contributed by atoms with van der Waals surface area (Å²) in [5.41, 5.74) is 0. The Morgan fingerprint density at radius 1 is 1.50 bits per heavy atom. The van der Waals surface area contributed by atoms with Crippen LogP contribution < -0.4 is 0 Å². The summed E-state index contributed by atoms with van der Waals surface area (Å²) in [5.74, 6) is -1.93. The standard InChI is InChI=1S/C8H8F2O2/c9-5-3-6(10)8-4(7(5)11)1-2-12-8/h3-4,7,11H,1-2H2/t4-,7?/m1/s1. The molecule has 0 aromatic carbocycles. The Bertz CT molecular complexity index is 270. The fourth-order valence-corrected chi connectivity index (χ4v) is 1.55. The monoisotopic (exact) mass is 174 g/mol. The van der Waals surface area contributed by atoms with Crippen molar-refractivity contribution in [1.82, 2.24) is 0 Å². The molecule has 0 spiro atoms. The Morgan fingerprint density at radius 3 is 3.00 bits per heavy atom. The third-order valence-corrected chi connectivity index (χ3v) is 2.19. The Kier molecular flexibility index (Phi) is 1.65. The second kappa shape index (κ2) is 2.55. The van der Waals surface area contributed by atoms with Gasteiger partial charge in [-0.3, -0.25) is 0 Å². The molecule has 2 rings (SSSR count). The molecule has 1 unspecified atom stereocenters. The van der Waals surface area contributed by atoms with Crippen molar-refractivity contribution in [3.63, 3.8) is 0 Å². The average Bonchev–Trinajstić information content (AvgIpc) is 2.48. The van der Waals surface area contributed by atoms with Gasteiger partial charge in [0.25, 0.3) is 0 Å². The molecule has 0 radical (unpaired) electrons. The quantitative estimate of drug-likeness (QED) is 0.602. The molecule has 1 fully saturated rings. The van der Waals surface area contributed by atoms with Crippen molar-refractivity contribution in [2.24, 2.45) is 5.92 Å². The number of halogens is 2. The lowest BCUT2D eigenvalue weighted by Crippen LogP contribution is -2.23. The maximum Gasteiger partial charge on any atom is 0.163 e. The van der Waals surface area contributed by atoms with E-state index in [4.69, 9.17) is 4.74 Å². The van der Waals surface area contributed by atoms with E-state index in [9.17, 15) is 13.9 Å². The minimum Gasteiger partial charge on any atom is -0.494 e. The van der Waals surface area contributed by atoms with Crippen molar-refractivity contribution < 1.29 is 18.6 Å². The van der Waals surface area contributed by atoms with Gasteiger partial charge in [-0.15, -0.1) is 0 Å². The largest absolute Gasteiger partial charge is 0.494 e. The molecule has 1 heterocycles. The first-order chi connectivity index (χ1) is 5.70. The molecule has 12 heavy (non-hydrogen) atoms. The molecule has 0 bridgehead atoms. The molecular formula is C8H8F2O2. The predicted octanol–water partition coefficient (Wildman–Crippen LogP) is 1.43. The molecule has 1 saturated heterocycles. The van der Waals surface area contributed by atoms with E-state index in [0.717, 1.165) is 0 Å². The van der Waals surface area contributed by atoms with Gasteiger partial charge in [0, 0.05) is 6.08 Å². The summed E-state index contributed by atoms with van der Waals surface area (Å²) in [6.07, 6.45) is -0.0606. The Balaban J connectivity index is 2.39. The molecule has 4 heteroatoms. The number of fused-ring (bicyclic) bond motifs is 1. The number of hydrogen-bond donors (Lipinski definition) is 1. The van der Waals surface area contributed by atoms with Gasteiger partial charge in [-0.25, -0.2) is 8.78 Å². The van der Waals surface area contributed by atoms with E-state index in [1.54, 1.807) is 0 Å². The van der Waals surface area contributed by atoms with Crippen molar-refractivity contribution in [2.75, 3.05) is 6.61 Å². The zero-order chi connectivity index (χ0) is 8.72. The summed E-state index contributed by atoms with van der Waals surface area (Å²) >= 11 is 0. The van der Waals surface area contributed by atoms with Crippen LogP contribution in [0.3, 0.4) is 0 Å². The van der Waals surface area contributed by atoms with Gasteiger partial charge in [0.1, 0.15) is 17.7 Å². The van der Waals surface area contributed by atoms with Gasteiger partial charge < -0.3 is 9.84 Å². The molecule has 1 N–H and O–H groups in total. The fraction of sp³-hybridized carbons (Fsp3) is 0.500. The van der Waals surface area contributed by atoms with Gasteiger partial charge >= 0.3 is 0 Å². The van der Waals surface area contributed by atoms with Crippen molar-refractivity contribution in [3.8, 4) is 0 Å². The highest BCUT2D eigenvalue weighted by molar-refractivity contribution is 5.30. The molecule has 1 aliphatic carbocycles. The number of hydrogen-bond acceptors (Lipinski definition) is 2. The molecule has 1 aliphatic heterocycles. The summed E-state index contributed by atoms with van der Waals surface area (Å²) in [6, 6.07) is 0. The number of rotatable bonds is 0. The normalized spacial score (nSPS) is 34.4. The van der Waals surface area contributed by atoms with Crippen LogP contribution in [0.1, 0.15) is 6.42 Å². The first-order valence-corrected chi connectivity index (χ1v) is 3.78. The highest BCUT2D eigenvalue weighted by atomic mass is 19.1. The second-order valence-electron chi connectivity index (χ2n) is 2.93. The third-order valence-electron chi connectivity index (χ3n) is 2.19. The minimum absolute atomic E-state index is 0.101. The van der Waals surface area contributed by atoms with Crippen LogP contribution in [0.5, 0.6) is 0 Å². The van der Waals surface area contributed by atoms with Crippen LogP contribution in [0, 0.1) is 5.92 Å². The lowest BCUT2D eigenvalue weighted by molar-refractivity contribution is 0.122. The van der Waals surface area contributed by atoms with Gasteiger partial charge in [-0.2, -0.15) is 0 Å². The lowest BCUT2D eigenvalue weighted by atomic mass is 9.93. The van der Waals surface area contributed by atoms with E-state index >= 15 is 0 Å². The average molecular weight is 174 g/mol. The molecule has 66 valence electrons. The highest BCUT2D eigenvalue weighted by Gasteiger charge is 2.37. The molecule has 2 atom stereocenters. The highest BCUT2D eigenvalue weighted by Crippen LogP contribution is 2.38. The van der Waals surface area contributed by atoms with E-state index in [1.807, 2.05) is 0 Å². The molecule has 0 aromatic rings. The van der Waals surface area contributed by atoms with Crippen molar-refractivity contribution in [2.45, 2.75) is 12.5 Å². The van der Waals surface area contributed by atoms with Gasteiger partial charge in [-0.05, 0) is 6.42 Å². The van der Waals surface area contributed by atoms with Crippen molar-refractivity contribution in [3.05, 3.63) is 23.5 Å². The van der Waals surface area contributed by atoms with Crippen LogP contribution in [0.2, 0.25) is 0 Å². The zero-order valence-electron chi connectivity index (χ0n) is 6.26. The van der Waals surface area contributed by atoms with Crippen LogP contribution in [0.25, 0.3) is 0 Å². The number of aliphatic hydroxyl groups excluding tert-OH is 1. The topological polar surface area (TPSA) is 29.5 Å². The lowest BCUT2D eigenvalue weighted by Gasteiger charge is -2.19. The Labute approximate surface area is 68.1 Å². The third kappa shape index (κ3) is 0.948. The maximum atomic E-state index is 12.9. The summed E-state index contributed by atoms with van der Waals surface area (Å²) < 4.78 is 30.6. The van der Waals surface area contributed by atoms with Crippen molar-refractivity contribution >= 4 is 0 Å². The molecule has 0 amide bonds. The Morgan fingerprint density at radius 2 is 2.25 bits per heavy atom. The van der Waals surface area contributed by atoms with Crippen LogP contribution in [-0.4, -0.2) is 17.8 Å². The first-order valence-electron chi connectivity index (χ1n) is 3.78. The van der Waals surface area contributed by atoms with Crippen molar-refractivity contribution in [1.29, 1.82) is 0 Å². The number of allylic oxidation sites excluding steroid dienone is 2. The molecular weight excluding hydrogens is 166 g/mol. The molecule has 0 aromatic heterocycles. The van der Waals surface area contributed by atoms with E-state index in [2.05, 4.69) is 0 Å². The number of aliphatic hydroxyl groups is 1. The summed E-state index contributed by atoms with van der Waals surface area (Å²) in [4.78, 5) is 0. The van der Waals surface area contributed by atoms with Gasteiger partial charge in [0.05, 0.1) is 12.5 Å². The molecule has 2 nitrogen and oxygen atoms in total. The van der Waals surface area contributed by atoms with Crippen LogP contribution in [-0.2, 0) is 4.74 Å². The van der Waals surface area contributed by atoms with Crippen LogP contribution in [0.4, 0.5) is 8.78 Å². The van der Waals surface area contributed by atoms with E-state index in [0.29, 0.717) is 19.1 Å². The van der Waals surface area contributed by atoms with E-state index in [1.165, 1.54) is 0 Å². The second-order valence-corrected chi connectivity index (χ2v) is 2.93. The van der Waals surface area contributed by atoms with Gasteiger partial charge in [0.15, 0.2) is 5.83 Å². The van der Waals surface area contributed by atoms with E-state index < -0.39 is 23.7 Å².